The van der Waals surface area contributed by atoms with Crippen LogP contribution in [-0.2, 0) is 6.18 Å². The van der Waals surface area contributed by atoms with E-state index in [0.29, 0.717) is 9.77 Å². The van der Waals surface area contributed by atoms with Gasteiger partial charge in [-0.3, -0.25) is 14.8 Å². The molecule has 0 saturated carbocycles. The number of rotatable bonds is 5. The molecule has 0 fully saturated rings. The summed E-state index contributed by atoms with van der Waals surface area (Å²) in [6, 6.07) is 10.6. The SMILES string of the molecule is O=C(NSc1cccc(Oc2ncccc2C(F)(F)F)c1)NC(=O)c1cccs1. The molecule has 0 aliphatic carbocycles. The highest BCUT2D eigenvalue weighted by atomic mass is 32.2. The molecule has 0 aliphatic heterocycles. The number of aromatic nitrogens is 1. The van der Waals surface area contributed by atoms with Crippen molar-refractivity contribution in [2.75, 3.05) is 0 Å². The van der Waals surface area contributed by atoms with Gasteiger partial charge in [0.05, 0.1) is 4.88 Å². The van der Waals surface area contributed by atoms with Crippen LogP contribution in [0.3, 0.4) is 0 Å². The normalized spacial score (nSPS) is 11.0. The number of halogens is 3. The number of amides is 3. The van der Waals surface area contributed by atoms with Gasteiger partial charge in [0.15, 0.2) is 0 Å². The zero-order chi connectivity index (χ0) is 20.9. The lowest BCUT2D eigenvalue weighted by molar-refractivity contribution is -0.138. The molecular formula is C18H12F3N3O3S2. The molecule has 2 aromatic heterocycles. The van der Waals surface area contributed by atoms with E-state index in [9.17, 15) is 22.8 Å². The fourth-order valence-electron chi connectivity index (χ4n) is 2.10. The molecule has 2 heterocycles. The monoisotopic (exact) mass is 439 g/mol. The summed E-state index contributed by atoms with van der Waals surface area (Å²) in [6.45, 7) is 0. The molecule has 3 rings (SSSR count). The Bertz CT molecular complexity index is 1010. The number of carbonyl (C=O) groups is 2. The molecule has 0 spiro atoms. The van der Waals surface area contributed by atoms with Gasteiger partial charge in [-0.05, 0) is 53.7 Å². The molecule has 2 N–H and O–H groups in total. The average Bonchev–Trinajstić information content (AvgIpc) is 3.21. The second-order valence-electron chi connectivity index (χ2n) is 5.40. The van der Waals surface area contributed by atoms with Gasteiger partial charge < -0.3 is 4.74 Å². The molecule has 3 amide bonds. The molecule has 1 aromatic carbocycles. The van der Waals surface area contributed by atoms with Crippen molar-refractivity contribution >= 4 is 35.2 Å². The third-order valence-electron chi connectivity index (χ3n) is 3.33. The van der Waals surface area contributed by atoms with Crippen LogP contribution >= 0.6 is 23.3 Å². The largest absolute Gasteiger partial charge is 0.438 e. The summed E-state index contributed by atoms with van der Waals surface area (Å²) in [4.78, 5) is 28.1. The predicted molar refractivity (Wildman–Crippen MR) is 102 cm³/mol. The van der Waals surface area contributed by atoms with Crippen LogP contribution in [-0.4, -0.2) is 16.9 Å². The van der Waals surface area contributed by atoms with Crippen molar-refractivity contribution in [3.63, 3.8) is 0 Å². The van der Waals surface area contributed by atoms with E-state index < -0.39 is 29.6 Å². The van der Waals surface area contributed by atoms with Gasteiger partial charge in [-0.1, -0.05) is 12.1 Å². The fourth-order valence-corrected chi connectivity index (χ4v) is 3.31. The second-order valence-corrected chi connectivity index (χ2v) is 7.22. The molecule has 0 saturated heterocycles. The molecule has 0 radical (unpaired) electrons. The Morgan fingerprint density at radius 1 is 1.10 bits per heavy atom. The average molecular weight is 439 g/mol. The lowest BCUT2D eigenvalue weighted by atomic mass is 10.2. The molecule has 0 bridgehead atoms. The highest BCUT2D eigenvalue weighted by Gasteiger charge is 2.35. The quantitative estimate of drug-likeness (QED) is 0.541. The predicted octanol–water partition coefficient (Wildman–Crippen LogP) is 5.10. The minimum Gasteiger partial charge on any atom is -0.438 e. The summed E-state index contributed by atoms with van der Waals surface area (Å²) in [5, 5.41) is 3.87. The van der Waals surface area contributed by atoms with Crippen LogP contribution in [0.5, 0.6) is 11.6 Å². The Kier molecular flexibility index (Phi) is 6.39. The summed E-state index contributed by atoms with van der Waals surface area (Å²) >= 11 is 2.06. The smallest absolute Gasteiger partial charge is 0.421 e. The van der Waals surface area contributed by atoms with E-state index in [1.54, 1.807) is 29.6 Å². The zero-order valence-electron chi connectivity index (χ0n) is 14.4. The van der Waals surface area contributed by atoms with Crippen LogP contribution in [0, 0.1) is 0 Å². The van der Waals surface area contributed by atoms with E-state index in [1.807, 2.05) is 0 Å². The number of hydrogen-bond acceptors (Lipinski definition) is 6. The molecule has 0 aliphatic rings. The lowest BCUT2D eigenvalue weighted by Crippen LogP contribution is -2.35. The highest BCUT2D eigenvalue weighted by Crippen LogP contribution is 2.36. The van der Waals surface area contributed by atoms with Crippen molar-refractivity contribution in [2.24, 2.45) is 0 Å². The van der Waals surface area contributed by atoms with Crippen molar-refractivity contribution in [3.05, 3.63) is 70.5 Å². The van der Waals surface area contributed by atoms with Gasteiger partial charge in [0.2, 0.25) is 5.88 Å². The van der Waals surface area contributed by atoms with E-state index >= 15 is 0 Å². The van der Waals surface area contributed by atoms with Gasteiger partial charge in [-0.25, -0.2) is 9.78 Å². The molecule has 0 atom stereocenters. The number of nitrogens with one attached hydrogen (secondary N) is 2. The zero-order valence-corrected chi connectivity index (χ0v) is 16.0. The molecule has 11 heteroatoms. The number of hydrogen-bond donors (Lipinski definition) is 2. The number of nitrogens with zero attached hydrogens (tertiary/aromatic N) is 1. The van der Waals surface area contributed by atoms with Gasteiger partial charge in [-0.2, -0.15) is 13.2 Å². The summed E-state index contributed by atoms with van der Waals surface area (Å²) in [5.41, 5.74) is -0.998. The number of ether oxygens (including phenoxy) is 1. The number of pyridine rings is 1. The first-order valence-electron chi connectivity index (χ1n) is 7.95. The van der Waals surface area contributed by atoms with Gasteiger partial charge in [0.1, 0.15) is 11.3 Å². The summed E-state index contributed by atoms with van der Waals surface area (Å²) in [5.74, 6) is -1.00. The topological polar surface area (TPSA) is 80.3 Å². The highest BCUT2D eigenvalue weighted by molar-refractivity contribution is 7.98. The number of carbonyl (C=O) groups excluding carboxylic acids is 2. The number of thiophene rings is 1. The van der Waals surface area contributed by atoms with Crippen LogP contribution in [0.2, 0.25) is 0 Å². The van der Waals surface area contributed by atoms with Crippen molar-refractivity contribution in [1.82, 2.24) is 15.0 Å². The van der Waals surface area contributed by atoms with E-state index in [0.717, 1.165) is 18.0 Å². The Hall–Kier alpha value is -3.05. The lowest BCUT2D eigenvalue weighted by Gasteiger charge is -2.12. The third kappa shape index (κ3) is 5.72. The Labute approximate surface area is 171 Å². The van der Waals surface area contributed by atoms with Crippen LogP contribution < -0.4 is 14.8 Å². The molecular weight excluding hydrogens is 427 g/mol. The van der Waals surface area contributed by atoms with Crippen molar-refractivity contribution in [3.8, 4) is 11.6 Å². The van der Waals surface area contributed by atoms with E-state index in [2.05, 4.69) is 15.0 Å². The third-order valence-corrected chi connectivity index (χ3v) is 4.98. The van der Waals surface area contributed by atoms with Gasteiger partial charge in [-0.15, -0.1) is 11.3 Å². The number of benzene rings is 1. The minimum absolute atomic E-state index is 0.107. The number of urea groups is 1. The van der Waals surface area contributed by atoms with Gasteiger partial charge in [0, 0.05) is 11.1 Å². The maximum absolute atomic E-state index is 13.0. The van der Waals surface area contributed by atoms with Gasteiger partial charge >= 0.3 is 12.2 Å². The van der Waals surface area contributed by atoms with E-state index in [-0.39, 0.29) is 5.75 Å². The van der Waals surface area contributed by atoms with Crippen molar-refractivity contribution < 1.29 is 27.5 Å². The molecule has 0 unspecified atom stereocenters. The van der Waals surface area contributed by atoms with Crippen LogP contribution in [0.25, 0.3) is 0 Å². The summed E-state index contributed by atoms with van der Waals surface area (Å²) in [7, 11) is 0. The molecule has 29 heavy (non-hydrogen) atoms. The molecule has 3 aromatic rings. The number of alkyl halides is 3. The van der Waals surface area contributed by atoms with Crippen LogP contribution in [0.1, 0.15) is 15.2 Å². The van der Waals surface area contributed by atoms with Gasteiger partial charge in [0.25, 0.3) is 5.91 Å². The minimum atomic E-state index is -4.61. The second kappa shape index (κ2) is 8.97. The molecule has 150 valence electrons. The van der Waals surface area contributed by atoms with Crippen molar-refractivity contribution in [2.45, 2.75) is 11.1 Å². The summed E-state index contributed by atoms with van der Waals surface area (Å²) < 4.78 is 46.8. The first kappa shape index (κ1) is 20.7. The Morgan fingerprint density at radius 2 is 1.93 bits per heavy atom. The van der Waals surface area contributed by atoms with E-state index in [4.69, 9.17) is 4.74 Å². The molecule has 6 nitrogen and oxygen atoms in total. The standard InChI is InChI=1S/C18H12F3N3O3S2/c19-18(20,21)13-6-2-8-22-16(13)27-11-4-1-5-12(10-11)29-24-17(26)23-15(25)14-7-3-9-28-14/h1-10H,(H2,23,24,25,26). The van der Waals surface area contributed by atoms with Crippen molar-refractivity contribution in [1.29, 1.82) is 0 Å². The Morgan fingerprint density at radius 3 is 2.66 bits per heavy atom. The number of imide groups is 1. The fraction of sp³-hybridized carbons (Fsp3) is 0.0556. The maximum atomic E-state index is 13.0. The first-order valence-corrected chi connectivity index (χ1v) is 9.64. The van der Waals surface area contributed by atoms with E-state index in [1.165, 1.54) is 35.7 Å². The first-order chi connectivity index (χ1) is 13.8. The summed E-state index contributed by atoms with van der Waals surface area (Å²) in [6.07, 6.45) is -3.41. The maximum Gasteiger partial charge on any atom is 0.421 e. The van der Waals surface area contributed by atoms with Crippen LogP contribution in [0.15, 0.2) is 65.0 Å². The van der Waals surface area contributed by atoms with Crippen LogP contribution in [0.4, 0.5) is 18.0 Å². The Balaban J connectivity index is 1.62.